The van der Waals surface area contributed by atoms with Crippen LogP contribution >= 0.6 is 0 Å². The monoisotopic (exact) mass is 303 g/mol. The first-order chi connectivity index (χ1) is 10.8. The van der Waals surface area contributed by atoms with Crippen molar-refractivity contribution in [2.24, 2.45) is 0 Å². The predicted octanol–water partition coefficient (Wildman–Crippen LogP) is 3.24. The summed E-state index contributed by atoms with van der Waals surface area (Å²) < 4.78 is 0. The largest absolute Gasteiger partial charge is 0.368 e. The molecule has 0 unspecified atom stereocenters. The van der Waals surface area contributed by atoms with E-state index in [1.54, 1.807) is 6.20 Å². The number of rotatable bonds is 2. The highest BCUT2D eigenvalue weighted by Gasteiger charge is 2.14. The molecular formula is C17H29N5. The van der Waals surface area contributed by atoms with Crippen molar-refractivity contribution < 1.29 is 0 Å². The molecule has 1 fully saturated rings. The first-order valence-corrected chi connectivity index (χ1v) is 8.27. The number of aromatic nitrogens is 3. The number of nitrogens with zero attached hydrogens (tertiary/aromatic N) is 3. The molecule has 22 heavy (non-hydrogen) atoms. The van der Waals surface area contributed by atoms with E-state index in [0.29, 0.717) is 0 Å². The quantitative estimate of drug-likeness (QED) is 0.894. The number of pyridine rings is 1. The summed E-state index contributed by atoms with van der Waals surface area (Å²) in [6, 6.07) is 4.18. The van der Waals surface area contributed by atoms with Crippen LogP contribution in [-0.2, 0) is 0 Å². The average Bonchev–Trinajstić information content (AvgIpc) is 3.14. The molecule has 3 rings (SSSR count). The lowest BCUT2D eigenvalue weighted by molar-refractivity contribution is 0.588. The Kier molecular flexibility index (Phi) is 8.22. The van der Waals surface area contributed by atoms with Gasteiger partial charge >= 0.3 is 0 Å². The zero-order valence-corrected chi connectivity index (χ0v) is 14.5. The summed E-state index contributed by atoms with van der Waals surface area (Å²) in [5.41, 5.74) is 3.19. The Hall–Kier alpha value is -1.88. The van der Waals surface area contributed by atoms with Crippen LogP contribution in [0.15, 0.2) is 24.5 Å². The van der Waals surface area contributed by atoms with E-state index in [0.717, 1.165) is 43.4 Å². The van der Waals surface area contributed by atoms with Gasteiger partial charge in [0.05, 0.1) is 11.4 Å². The van der Waals surface area contributed by atoms with Crippen LogP contribution in [-0.4, -0.2) is 41.1 Å². The number of aryl methyl sites for hydroxylation is 1. The molecule has 2 aromatic heterocycles. The lowest BCUT2D eigenvalue weighted by Crippen LogP contribution is -2.43. The normalized spacial score (nSPS) is 13.6. The Morgan fingerprint density at radius 1 is 1.05 bits per heavy atom. The summed E-state index contributed by atoms with van der Waals surface area (Å²) in [4.78, 5) is 14.3. The second kappa shape index (κ2) is 9.95. The number of imidazole rings is 1. The van der Waals surface area contributed by atoms with Crippen molar-refractivity contribution in [1.29, 1.82) is 0 Å². The third-order valence-corrected chi connectivity index (χ3v) is 3.26. The third-order valence-electron chi connectivity index (χ3n) is 3.26. The minimum absolute atomic E-state index is 0.824. The van der Waals surface area contributed by atoms with Crippen LogP contribution in [0.1, 0.15) is 33.4 Å². The molecule has 0 amide bonds. The maximum Gasteiger partial charge on any atom is 0.155 e. The molecular weight excluding hydrogens is 274 g/mol. The second-order valence-electron chi connectivity index (χ2n) is 4.48. The van der Waals surface area contributed by atoms with E-state index in [4.69, 9.17) is 0 Å². The van der Waals surface area contributed by atoms with Crippen LogP contribution in [0.3, 0.4) is 0 Å². The van der Waals surface area contributed by atoms with Crippen molar-refractivity contribution in [2.45, 2.75) is 34.6 Å². The molecule has 2 N–H and O–H groups in total. The molecule has 0 radical (unpaired) electrons. The number of hydrogen-bond donors (Lipinski definition) is 2. The zero-order valence-electron chi connectivity index (χ0n) is 14.5. The average molecular weight is 303 g/mol. The number of aromatic amines is 1. The van der Waals surface area contributed by atoms with E-state index in [1.807, 2.05) is 40.0 Å². The summed E-state index contributed by atoms with van der Waals surface area (Å²) in [7, 11) is 0. The summed E-state index contributed by atoms with van der Waals surface area (Å²) in [5, 5.41) is 3.36. The van der Waals surface area contributed by atoms with Crippen LogP contribution < -0.4 is 10.2 Å². The molecule has 0 spiro atoms. The number of hydrogen-bond acceptors (Lipinski definition) is 4. The summed E-state index contributed by atoms with van der Waals surface area (Å²) in [6.07, 6.45) is 3.56. The van der Waals surface area contributed by atoms with Crippen molar-refractivity contribution in [3.63, 3.8) is 0 Å². The first kappa shape index (κ1) is 18.2. The molecule has 5 nitrogen and oxygen atoms in total. The van der Waals surface area contributed by atoms with Gasteiger partial charge in [-0.3, -0.25) is 0 Å². The Morgan fingerprint density at radius 2 is 1.73 bits per heavy atom. The Labute approximate surface area is 134 Å². The van der Waals surface area contributed by atoms with Crippen LogP contribution in [0, 0.1) is 6.92 Å². The zero-order chi connectivity index (χ0) is 16.4. The SMILES string of the molecule is CC.CC.Cc1nc(-c2ncc[nH]2)ccc1N1CCNCC1. The molecule has 5 heteroatoms. The standard InChI is InChI=1S/C13H17N5.2C2H6/c1-10-12(18-8-6-14-7-9-18)3-2-11(17-10)13-15-4-5-16-13;2*1-2/h2-5,14H,6-9H2,1H3,(H,15,16);2*1-2H3. The Bertz CT molecular complexity index is 516. The van der Waals surface area contributed by atoms with Gasteiger partial charge in [-0.05, 0) is 19.1 Å². The number of nitrogens with one attached hydrogen (secondary N) is 2. The molecule has 2 aromatic rings. The van der Waals surface area contributed by atoms with E-state index in [-0.39, 0.29) is 0 Å². The smallest absolute Gasteiger partial charge is 0.155 e. The van der Waals surface area contributed by atoms with E-state index < -0.39 is 0 Å². The van der Waals surface area contributed by atoms with E-state index in [9.17, 15) is 0 Å². The molecule has 3 heterocycles. The Morgan fingerprint density at radius 3 is 2.27 bits per heavy atom. The van der Waals surface area contributed by atoms with Crippen LogP contribution in [0.2, 0.25) is 0 Å². The molecule has 0 bridgehead atoms. The van der Waals surface area contributed by atoms with Gasteiger partial charge in [-0.2, -0.15) is 0 Å². The minimum atomic E-state index is 0.824. The van der Waals surface area contributed by atoms with Crippen LogP contribution in [0.5, 0.6) is 0 Å². The predicted molar refractivity (Wildman–Crippen MR) is 94.3 cm³/mol. The van der Waals surface area contributed by atoms with Gasteiger partial charge in [-0.25, -0.2) is 9.97 Å². The fraction of sp³-hybridized carbons (Fsp3) is 0.529. The number of piperazine rings is 1. The van der Waals surface area contributed by atoms with Gasteiger partial charge in [-0.1, -0.05) is 27.7 Å². The lowest BCUT2D eigenvalue weighted by atomic mass is 10.2. The van der Waals surface area contributed by atoms with Gasteiger partial charge in [0.25, 0.3) is 0 Å². The highest BCUT2D eigenvalue weighted by molar-refractivity contribution is 5.58. The van der Waals surface area contributed by atoms with Crippen molar-refractivity contribution in [1.82, 2.24) is 20.3 Å². The maximum atomic E-state index is 4.63. The van der Waals surface area contributed by atoms with Crippen molar-refractivity contribution in [3.8, 4) is 11.5 Å². The van der Waals surface area contributed by atoms with Crippen molar-refractivity contribution >= 4 is 5.69 Å². The van der Waals surface area contributed by atoms with Gasteiger partial charge in [0.15, 0.2) is 5.82 Å². The fourth-order valence-corrected chi connectivity index (χ4v) is 2.33. The third kappa shape index (κ3) is 4.56. The van der Waals surface area contributed by atoms with Crippen LogP contribution in [0.25, 0.3) is 11.5 Å². The summed E-state index contributed by atoms with van der Waals surface area (Å²) >= 11 is 0. The molecule has 0 aromatic carbocycles. The Balaban J connectivity index is 0.000000561. The van der Waals surface area contributed by atoms with Gasteiger partial charge in [0.1, 0.15) is 5.69 Å². The summed E-state index contributed by atoms with van der Waals surface area (Å²) in [6.45, 7) is 14.2. The van der Waals surface area contributed by atoms with Crippen LogP contribution in [0.4, 0.5) is 5.69 Å². The fourth-order valence-electron chi connectivity index (χ4n) is 2.33. The molecule has 1 aliphatic rings. The molecule has 1 saturated heterocycles. The second-order valence-corrected chi connectivity index (χ2v) is 4.48. The van der Waals surface area contributed by atoms with E-state index in [1.165, 1.54) is 5.69 Å². The van der Waals surface area contributed by atoms with Gasteiger partial charge in [0, 0.05) is 38.6 Å². The number of anilines is 1. The molecule has 0 atom stereocenters. The van der Waals surface area contributed by atoms with Crippen molar-refractivity contribution in [3.05, 3.63) is 30.2 Å². The first-order valence-electron chi connectivity index (χ1n) is 8.27. The topological polar surface area (TPSA) is 56.8 Å². The van der Waals surface area contributed by atoms with Gasteiger partial charge in [-0.15, -0.1) is 0 Å². The highest BCUT2D eigenvalue weighted by Crippen LogP contribution is 2.22. The van der Waals surface area contributed by atoms with Gasteiger partial charge < -0.3 is 15.2 Å². The van der Waals surface area contributed by atoms with E-state index in [2.05, 4.69) is 38.2 Å². The molecule has 122 valence electrons. The molecule has 0 saturated carbocycles. The highest BCUT2D eigenvalue weighted by atomic mass is 15.2. The maximum absolute atomic E-state index is 4.63. The number of H-pyrrole nitrogens is 1. The lowest BCUT2D eigenvalue weighted by Gasteiger charge is -2.30. The van der Waals surface area contributed by atoms with Gasteiger partial charge in [0.2, 0.25) is 0 Å². The molecule has 1 aliphatic heterocycles. The van der Waals surface area contributed by atoms with E-state index >= 15 is 0 Å². The minimum Gasteiger partial charge on any atom is -0.368 e. The summed E-state index contributed by atoms with van der Waals surface area (Å²) in [5.74, 6) is 0.824. The molecule has 0 aliphatic carbocycles. The van der Waals surface area contributed by atoms with Crippen molar-refractivity contribution in [2.75, 3.05) is 31.1 Å².